The van der Waals surface area contributed by atoms with Crippen molar-refractivity contribution in [1.29, 1.82) is 0 Å². The van der Waals surface area contributed by atoms with Crippen molar-refractivity contribution in [3.05, 3.63) is 0 Å². The van der Waals surface area contributed by atoms with Crippen LogP contribution in [0.2, 0.25) is 0 Å². The van der Waals surface area contributed by atoms with Crippen LogP contribution in [0, 0.1) is 0 Å². The van der Waals surface area contributed by atoms with E-state index in [4.69, 9.17) is 105 Å². The predicted molar refractivity (Wildman–Crippen MR) is 144 cm³/mol. The monoisotopic (exact) mass is 706 g/mol. The molecule has 1 N–H and O–H groups in total. The number of hydrogen-bond acceptors (Lipinski definition) is 23. The molecular weight excluding hydrogens is 656 g/mol. The third-order valence-electron chi connectivity index (χ3n) is 3.77. The van der Waals surface area contributed by atoms with Crippen molar-refractivity contribution in [1.82, 2.24) is 0 Å². The molecule has 0 spiro atoms. The van der Waals surface area contributed by atoms with Gasteiger partial charge in [0.15, 0.2) is 129 Å². The Morgan fingerprint density at radius 3 is 0.532 bits per heavy atom. The van der Waals surface area contributed by atoms with E-state index in [1.807, 2.05) is 0 Å². The lowest BCUT2D eigenvalue weighted by Crippen LogP contribution is -2.13. The topological polar surface area (TPSA) is 223 Å². The van der Waals surface area contributed by atoms with Crippen molar-refractivity contribution in [3.8, 4) is 0 Å². The number of aliphatic hydroxyl groups is 1. The summed E-state index contributed by atoms with van der Waals surface area (Å²) in [6.07, 6.45) is 0. The van der Waals surface area contributed by atoms with E-state index >= 15 is 0 Å². The highest BCUT2D eigenvalue weighted by atomic mass is 16.9. The Labute approximate surface area is 272 Å². The van der Waals surface area contributed by atoms with Crippen LogP contribution < -0.4 is 0 Å². The first-order chi connectivity index (χ1) is 23.4. The standard InChI is InChI=1S/C24H50O23/c1-26-4-28-6-30-8-32-10-34-12-36-14-38-16-40-18-42-20-44-22-46-24-47-23-45-21-43-19-41-17-39-15-37-13-35-11-33-9-31-7-29-5-27-3-2-25/h25H,2-24H2,1H3. The van der Waals surface area contributed by atoms with Crippen LogP contribution in [-0.4, -0.2) is 168 Å². The maximum atomic E-state index is 8.51. The minimum atomic E-state index is -0.0709. The second-order valence-electron chi connectivity index (χ2n) is 7.48. The summed E-state index contributed by atoms with van der Waals surface area (Å²) in [5.74, 6) is 0. The highest BCUT2D eigenvalue weighted by Crippen LogP contribution is 1.90. The highest BCUT2D eigenvalue weighted by Gasteiger charge is 1.96. The zero-order valence-electron chi connectivity index (χ0n) is 26.7. The fraction of sp³-hybridized carbons (Fsp3) is 1.00. The molecule has 0 saturated carbocycles. The second-order valence-corrected chi connectivity index (χ2v) is 7.48. The molecule has 0 aromatic rings. The summed E-state index contributed by atoms with van der Waals surface area (Å²) in [6, 6.07) is 0. The number of ether oxygens (including phenoxy) is 22. The molecule has 0 heterocycles. The van der Waals surface area contributed by atoms with E-state index in [0.29, 0.717) is 0 Å². The molecular formula is C24H50O23. The molecule has 0 rings (SSSR count). The zero-order valence-corrected chi connectivity index (χ0v) is 26.7. The van der Waals surface area contributed by atoms with Crippen LogP contribution in [0.5, 0.6) is 0 Å². The van der Waals surface area contributed by atoms with Crippen molar-refractivity contribution >= 4 is 0 Å². The fourth-order valence-corrected chi connectivity index (χ4v) is 2.07. The van der Waals surface area contributed by atoms with Gasteiger partial charge in [-0.05, 0) is 0 Å². The van der Waals surface area contributed by atoms with Crippen LogP contribution in [0.4, 0.5) is 0 Å². The molecule has 0 atom stereocenters. The minimum Gasteiger partial charge on any atom is -0.394 e. The second kappa shape index (κ2) is 45.1. The van der Waals surface area contributed by atoms with E-state index in [2.05, 4.69) is 4.74 Å². The molecule has 0 amide bonds. The van der Waals surface area contributed by atoms with Crippen molar-refractivity contribution < 1.29 is 109 Å². The Kier molecular flexibility index (Phi) is 44.2. The third kappa shape index (κ3) is 45.1. The number of methoxy groups -OCH3 is 1. The number of rotatable bonds is 44. The molecule has 0 aliphatic carbocycles. The van der Waals surface area contributed by atoms with Crippen LogP contribution in [0.25, 0.3) is 0 Å². The van der Waals surface area contributed by atoms with Gasteiger partial charge in [-0.25, -0.2) is 0 Å². The van der Waals surface area contributed by atoms with Crippen LogP contribution >= 0.6 is 0 Å². The molecule has 0 aliphatic rings. The van der Waals surface area contributed by atoms with E-state index < -0.39 is 0 Å². The SMILES string of the molecule is COCOCOCOCOCOCOCOCOCOCOCOCOCOCOCOCOCOCOCOCOCOCCO. The number of hydrogen-bond donors (Lipinski definition) is 1. The normalized spacial score (nSPS) is 11.6. The van der Waals surface area contributed by atoms with Crippen molar-refractivity contribution in [2.24, 2.45) is 0 Å². The molecule has 0 unspecified atom stereocenters. The molecule has 0 radical (unpaired) electrons. The van der Waals surface area contributed by atoms with Gasteiger partial charge in [-0.15, -0.1) is 0 Å². The number of aliphatic hydroxyl groups excluding tert-OH is 1. The maximum absolute atomic E-state index is 8.51. The lowest BCUT2D eigenvalue weighted by Gasteiger charge is -2.10. The smallest absolute Gasteiger partial charge is 0.152 e. The van der Waals surface area contributed by atoms with Crippen LogP contribution in [0.15, 0.2) is 0 Å². The van der Waals surface area contributed by atoms with Crippen molar-refractivity contribution in [2.45, 2.75) is 0 Å². The molecule has 0 bridgehead atoms. The Morgan fingerprint density at radius 2 is 0.383 bits per heavy atom. The van der Waals surface area contributed by atoms with Crippen molar-refractivity contribution in [3.63, 3.8) is 0 Å². The van der Waals surface area contributed by atoms with Gasteiger partial charge < -0.3 is 109 Å². The molecule has 0 fully saturated rings. The largest absolute Gasteiger partial charge is 0.394 e. The lowest BCUT2D eigenvalue weighted by molar-refractivity contribution is -0.241. The first-order valence-electron chi connectivity index (χ1n) is 13.6. The molecule has 0 aliphatic heterocycles. The molecule has 0 saturated heterocycles. The first-order valence-corrected chi connectivity index (χ1v) is 13.6. The molecule has 47 heavy (non-hydrogen) atoms. The summed E-state index contributed by atoms with van der Waals surface area (Å²) < 4.78 is 110. The summed E-state index contributed by atoms with van der Waals surface area (Å²) in [5.41, 5.74) is 0. The van der Waals surface area contributed by atoms with Gasteiger partial charge in [0.05, 0.1) is 13.2 Å². The maximum Gasteiger partial charge on any atom is 0.152 e. The summed E-state index contributed by atoms with van der Waals surface area (Å²) in [4.78, 5) is 0. The fourth-order valence-electron chi connectivity index (χ4n) is 2.07. The van der Waals surface area contributed by atoms with Gasteiger partial charge in [0.2, 0.25) is 0 Å². The third-order valence-corrected chi connectivity index (χ3v) is 3.77. The first kappa shape index (κ1) is 46.1. The van der Waals surface area contributed by atoms with E-state index in [0.717, 1.165) is 0 Å². The Hall–Kier alpha value is -0.920. The van der Waals surface area contributed by atoms with E-state index in [1.165, 1.54) is 7.11 Å². The van der Waals surface area contributed by atoms with E-state index in [1.54, 1.807) is 0 Å². The summed E-state index contributed by atoms with van der Waals surface area (Å²) in [7, 11) is 1.51. The summed E-state index contributed by atoms with van der Waals surface area (Å²) >= 11 is 0. The molecule has 0 aromatic heterocycles. The Bertz CT molecular complexity index is 497. The van der Waals surface area contributed by atoms with Gasteiger partial charge in [0, 0.05) is 7.11 Å². The Balaban J connectivity index is 3.03. The van der Waals surface area contributed by atoms with Crippen LogP contribution in [-0.2, 0) is 104 Å². The Morgan fingerprint density at radius 1 is 0.234 bits per heavy atom. The zero-order chi connectivity index (χ0) is 33.8. The van der Waals surface area contributed by atoms with Crippen LogP contribution in [0.1, 0.15) is 0 Å². The average molecular weight is 707 g/mol. The minimum absolute atomic E-state index is 0.00973. The van der Waals surface area contributed by atoms with Crippen LogP contribution in [0.3, 0.4) is 0 Å². The quantitative estimate of drug-likeness (QED) is 0.0597. The molecule has 0 aromatic carbocycles. The highest BCUT2D eigenvalue weighted by molar-refractivity contribution is 4.17. The molecule has 23 heteroatoms. The predicted octanol–water partition coefficient (Wildman–Crippen LogP) is -0.919. The van der Waals surface area contributed by atoms with Gasteiger partial charge in [-0.3, -0.25) is 0 Å². The van der Waals surface area contributed by atoms with Crippen molar-refractivity contribution in [2.75, 3.05) is 163 Å². The average Bonchev–Trinajstić information content (AvgIpc) is 3.08. The van der Waals surface area contributed by atoms with E-state index in [-0.39, 0.29) is 156 Å². The lowest BCUT2D eigenvalue weighted by atomic mass is 10.8. The van der Waals surface area contributed by atoms with Gasteiger partial charge in [-0.2, -0.15) is 0 Å². The molecule has 284 valence electrons. The van der Waals surface area contributed by atoms with Gasteiger partial charge in [-0.1, -0.05) is 0 Å². The summed E-state index contributed by atoms with van der Waals surface area (Å²) in [6.45, 7) is -0.505. The van der Waals surface area contributed by atoms with Gasteiger partial charge in [0.1, 0.15) is 13.6 Å². The van der Waals surface area contributed by atoms with E-state index in [9.17, 15) is 0 Å². The summed E-state index contributed by atoms with van der Waals surface area (Å²) in [5, 5.41) is 8.51. The molecule has 23 nitrogen and oxygen atoms in total. The van der Waals surface area contributed by atoms with Gasteiger partial charge in [0.25, 0.3) is 0 Å². The van der Waals surface area contributed by atoms with Gasteiger partial charge >= 0.3 is 0 Å².